The molecule has 1 rings (SSSR count). The van der Waals surface area contributed by atoms with Crippen molar-refractivity contribution in [3.63, 3.8) is 0 Å². The third kappa shape index (κ3) is 8.84. The molecule has 0 spiro atoms. The number of thioether (sulfide) groups is 1. The summed E-state index contributed by atoms with van der Waals surface area (Å²) < 4.78 is 31.9. The van der Waals surface area contributed by atoms with Crippen LogP contribution in [0.1, 0.15) is 27.7 Å². The maximum atomic E-state index is 13.6. The molecule has 128 valence electrons. The molecule has 0 bridgehead atoms. The predicted molar refractivity (Wildman–Crippen MR) is 88.4 cm³/mol. The van der Waals surface area contributed by atoms with Gasteiger partial charge in [-0.25, -0.2) is 8.78 Å². The van der Waals surface area contributed by atoms with Gasteiger partial charge in [0.2, 0.25) is 0 Å². The molecule has 4 nitrogen and oxygen atoms in total. The lowest BCUT2D eigenvalue weighted by Gasteiger charge is -2.09. The summed E-state index contributed by atoms with van der Waals surface area (Å²) in [7, 11) is 1.41. The van der Waals surface area contributed by atoms with Crippen LogP contribution in [0.15, 0.2) is 17.0 Å². The molecule has 0 unspecified atom stereocenters. The summed E-state index contributed by atoms with van der Waals surface area (Å²) in [6.07, 6.45) is 0. The number of carbonyl (C=O) groups excluding carboxylic acids is 1. The van der Waals surface area contributed by atoms with E-state index in [0.717, 1.165) is 12.1 Å². The number of ether oxygens (including phenoxy) is 1. The molecule has 0 aliphatic carbocycles. The molecular formula is C15H26F2N2O2S. The van der Waals surface area contributed by atoms with E-state index in [9.17, 15) is 13.6 Å². The average Bonchev–Trinajstić information content (AvgIpc) is 2.55. The number of halogens is 2. The van der Waals surface area contributed by atoms with E-state index >= 15 is 0 Å². The molecule has 0 heterocycles. The summed E-state index contributed by atoms with van der Waals surface area (Å²) in [5.41, 5.74) is 5.30. The highest BCUT2D eigenvalue weighted by atomic mass is 32.2. The number of likely N-dealkylation sites (N-methyl/N-ethyl adjacent to an activating group) is 1. The molecule has 7 heteroatoms. The Morgan fingerprint density at radius 1 is 1.23 bits per heavy atom. The molecule has 0 radical (unpaired) electrons. The minimum absolute atomic E-state index is 0.419. The first-order valence-corrected chi connectivity index (χ1v) is 8.22. The van der Waals surface area contributed by atoms with Crippen LogP contribution < -0.4 is 15.8 Å². The van der Waals surface area contributed by atoms with Gasteiger partial charge >= 0.3 is 0 Å². The van der Waals surface area contributed by atoms with Gasteiger partial charge in [-0.15, -0.1) is 11.8 Å². The zero-order valence-electron chi connectivity index (χ0n) is 13.8. The van der Waals surface area contributed by atoms with Gasteiger partial charge in [-0.2, -0.15) is 0 Å². The van der Waals surface area contributed by atoms with Crippen molar-refractivity contribution in [3.05, 3.63) is 23.8 Å². The zero-order chi connectivity index (χ0) is 17.5. The van der Waals surface area contributed by atoms with E-state index in [2.05, 4.69) is 5.32 Å². The first kappa shape index (κ1) is 22.9. The Kier molecular flexibility index (Phi) is 15.2. The molecule has 0 atom stereocenters. The smallest absolute Gasteiger partial charge is 0.257 e. The van der Waals surface area contributed by atoms with Gasteiger partial charge < -0.3 is 15.8 Å². The molecule has 0 saturated carbocycles. The Hall–Kier alpha value is -1.34. The van der Waals surface area contributed by atoms with Gasteiger partial charge in [0.25, 0.3) is 5.91 Å². The van der Waals surface area contributed by atoms with Gasteiger partial charge in [-0.3, -0.25) is 4.79 Å². The summed E-state index contributed by atoms with van der Waals surface area (Å²) in [5.74, 6) is -2.11. The second-order valence-corrected chi connectivity index (χ2v) is 4.48. The summed E-state index contributed by atoms with van der Waals surface area (Å²) in [5, 5.41) is 2.29. The Balaban J connectivity index is 0. The van der Waals surface area contributed by atoms with Crippen LogP contribution in [0.5, 0.6) is 5.75 Å². The number of nitrogens with two attached hydrogens (primary N) is 1. The lowest BCUT2D eigenvalue weighted by atomic mass is 10.3. The van der Waals surface area contributed by atoms with Gasteiger partial charge in [0.15, 0.2) is 24.0 Å². The Bertz CT molecular complexity index is 409. The van der Waals surface area contributed by atoms with Crippen molar-refractivity contribution in [2.75, 3.05) is 26.0 Å². The van der Waals surface area contributed by atoms with E-state index in [4.69, 9.17) is 10.5 Å². The van der Waals surface area contributed by atoms with Crippen LogP contribution in [-0.2, 0) is 4.79 Å². The third-order valence-electron chi connectivity index (χ3n) is 1.98. The first-order chi connectivity index (χ1) is 10.6. The normalized spacial score (nSPS) is 8.91. The fourth-order valence-corrected chi connectivity index (χ4v) is 1.87. The maximum absolute atomic E-state index is 13.6. The van der Waals surface area contributed by atoms with Crippen LogP contribution in [0, 0.1) is 11.6 Å². The van der Waals surface area contributed by atoms with Crippen LogP contribution in [0.2, 0.25) is 0 Å². The highest BCUT2D eigenvalue weighted by molar-refractivity contribution is 7.99. The van der Waals surface area contributed by atoms with Gasteiger partial charge in [0.05, 0.1) is 0 Å². The third-order valence-corrected chi connectivity index (χ3v) is 2.99. The maximum Gasteiger partial charge on any atom is 0.257 e. The fourth-order valence-electron chi connectivity index (χ4n) is 1.14. The summed E-state index contributed by atoms with van der Waals surface area (Å²) in [6.45, 7) is 7.99. The van der Waals surface area contributed by atoms with Gasteiger partial charge in [-0.1, -0.05) is 27.7 Å². The quantitative estimate of drug-likeness (QED) is 0.783. The molecule has 0 saturated heterocycles. The van der Waals surface area contributed by atoms with E-state index in [-0.39, 0.29) is 0 Å². The lowest BCUT2D eigenvalue weighted by molar-refractivity contribution is -0.122. The molecule has 0 aromatic heterocycles. The predicted octanol–water partition coefficient (Wildman–Crippen LogP) is 3.19. The molecule has 1 aromatic rings. The monoisotopic (exact) mass is 336 g/mol. The topological polar surface area (TPSA) is 64.3 Å². The zero-order valence-corrected chi connectivity index (χ0v) is 14.7. The lowest BCUT2D eigenvalue weighted by Crippen LogP contribution is -2.25. The van der Waals surface area contributed by atoms with E-state index < -0.39 is 29.9 Å². The van der Waals surface area contributed by atoms with Crippen molar-refractivity contribution in [2.24, 2.45) is 5.73 Å². The highest BCUT2D eigenvalue weighted by Crippen LogP contribution is 2.28. The van der Waals surface area contributed by atoms with E-state index in [1.54, 1.807) is 0 Å². The number of carbonyl (C=O) groups is 1. The molecular weight excluding hydrogens is 310 g/mol. The molecule has 3 N–H and O–H groups in total. The van der Waals surface area contributed by atoms with Crippen LogP contribution in [0.3, 0.4) is 0 Å². The second kappa shape index (κ2) is 14.6. The van der Waals surface area contributed by atoms with Crippen LogP contribution in [0.25, 0.3) is 0 Å². The summed E-state index contributed by atoms with van der Waals surface area (Å²) >= 11 is 1.25. The minimum atomic E-state index is -0.835. The largest absolute Gasteiger partial charge is 0.478 e. The summed E-state index contributed by atoms with van der Waals surface area (Å²) in [4.78, 5) is 11.4. The minimum Gasteiger partial charge on any atom is -0.478 e. The second-order valence-electron chi connectivity index (χ2n) is 3.32. The van der Waals surface area contributed by atoms with Crippen LogP contribution in [0.4, 0.5) is 8.78 Å². The number of amides is 1. The van der Waals surface area contributed by atoms with Crippen LogP contribution in [-0.4, -0.2) is 31.9 Å². The van der Waals surface area contributed by atoms with Crippen molar-refractivity contribution >= 4 is 17.7 Å². The van der Waals surface area contributed by atoms with E-state index in [0.29, 0.717) is 17.2 Å². The van der Waals surface area contributed by atoms with Crippen molar-refractivity contribution in [1.82, 2.24) is 5.32 Å². The molecule has 0 fully saturated rings. The standard InChI is InChI=1S/C11H14F2N2O2S.2C2H6/c1-15-10(16)6-17-11-8(12)4-7(5-9(11)13)18-3-2-14;2*1-2/h4-5H,2-3,6,14H2,1H3,(H,15,16);2*1-2H3. The molecule has 22 heavy (non-hydrogen) atoms. The van der Waals surface area contributed by atoms with E-state index in [1.165, 1.54) is 18.8 Å². The Morgan fingerprint density at radius 2 is 1.73 bits per heavy atom. The number of hydrogen-bond acceptors (Lipinski definition) is 4. The number of rotatable bonds is 6. The number of nitrogens with one attached hydrogen (secondary N) is 1. The van der Waals surface area contributed by atoms with Gasteiger partial charge in [-0.05, 0) is 12.1 Å². The van der Waals surface area contributed by atoms with Gasteiger partial charge in [0.1, 0.15) is 0 Å². The van der Waals surface area contributed by atoms with Crippen molar-refractivity contribution in [1.29, 1.82) is 0 Å². The molecule has 1 aromatic carbocycles. The van der Waals surface area contributed by atoms with Crippen molar-refractivity contribution < 1.29 is 18.3 Å². The Labute approximate surface area is 135 Å². The highest BCUT2D eigenvalue weighted by Gasteiger charge is 2.14. The number of benzene rings is 1. The summed E-state index contributed by atoms with van der Waals surface area (Å²) in [6, 6.07) is 2.31. The van der Waals surface area contributed by atoms with E-state index in [1.807, 2.05) is 27.7 Å². The van der Waals surface area contributed by atoms with Crippen molar-refractivity contribution in [3.8, 4) is 5.75 Å². The van der Waals surface area contributed by atoms with Crippen molar-refractivity contribution in [2.45, 2.75) is 32.6 Å². The number of hydrogen-bond donors (Lipinski definition) is 2. The molecule has 0 aliphatic rings. The fraction of sp³-hybridized carbons (Fsp3) is 0.533. The van der Waals surface area contributed by atoms with Crippen LogP contribution >= 0.6 is 11.8 Å². The Morgan fingerprint density at radius 3 is 2.14 bits per heavy atom. The first-order valence-electron chi connectivity index (χ1n) is 7.23. The molecule has 0 aliphatic heterocycles. The average molecular weight is 336 g/mol. The molecule has 1 amide bonds. The SMILES string of the molecule is CC.CC.CNC(=O)COc1c(F)cc(SCCN)cc1F. The van der Waals surface area contributed by atoms with Gasteiger partial charge in [0, 0.05) is 24.2 Å².